The SMILES string of the molecule is COc1cccc(Cc2c[nH]c3nccc(Br)c23)n1. The maximum Gasteiger partial charge on any atom is 0.213 e. The first kappa shape index (κ1) is 12.2. The molecule has 3 rings (SSSR count). The van der Waals surface area contributed by atoms with Gasteiger partial charge < -0.3 is 9.72 Å². The van der Waals surface area contributed by atoms with Crippen LogP contribution in [0.3, 0.4) is 0 Å². The Morgan fingerprint density at radius 1 is 1.32 bits per heavy atom. The number of rotatable bonds is 3. The monoisotopic (exact) mass is 317 g/mol. The van der Waals surface area contributed by atoms with Crippen LogP contribution in [0.25, 0.3) is 11.0 Å². The summed E-state index contributed by atoms with van der Waals surface area (Å²) in [5.74, 6) is 0.634. The number of ether oxygens (including phenoxy) is 1. The van der Waals surface area contributed by atoms with Crippen molar-refractivity contribution in [1.82, 2.24) is 15.0 Å². The average Bonchev–Trinajstić information content (AvgIpc) is 2.84. The fourth-order valence-corrected chi connectivity index (χ4v) is 2.65. The van der Waals surface area contributed by atoms with Crippen LogP contribution in [0, 0.1) is 0 Å². The minimum atomic E-state index is 0.634. The van der Waals surface area contributed by atoms with Gasteiger partial charge in [0.25, 0.3) is 0 Å². The fraction of sp³-hybridized carbons (Fsp3) is 0.143. The van der Waals surface area contributed by atoms with Crippen LogP contribution in [0.5, 0.6) is 5.88 Å². The first-order valence-corrected chi connectivity index (χ1v) is 6.67. The quantitative estimate of drug-likeness (QED) is 0.806. The van der Waals surface area contributed by atoms with E-state index in [1.54, 1.807) is 13.3 Å². The molecule has 96 valence electrons. The standard InChI is InChI=1S/C14H12BrN3O/c1-19-12-4-2-3-10(18-12)7-9-8-17-14-13(9)11(15)5-6-16-14/h2-6,8H,7H2,1H3,(H,16,17). The molecule has 3 aromatic heterocycles. The van der Waals surface area contributed by atoms with Crippen LogP contribution in [-0.4, -0.2) is 22.1 Å². The van der Waals surface area contributed by atoms with Gasteiger partial charge in [-0.05, 0) is 33.6 Å². The Labute approximate surface area is 119 Å². The summed E-state index contributed by atoms with van der Waals surface area (Å²) >= 11 is 3.56. The number of fused-ring (bicyclic) bond motifs is 1. The molecule has 0 spiro atoms. The highest BCUT2D eigenvalue weighted by atomic mass is 79.9. The van der Waals surface area contributed by atoms with Crippen LogP contribution in [0.1, 0.15) is 11.3 Å². The molecule has 0 aromatic carbocycles. The van der Waals surface area contributed by atoms with E-state index in [1.807, 2.05) is 30.5 Å². The van der Waals surface area contributed by atoms with E-state index in [-0.39, 0.29) is 0 Å². The van der Waals surface area contributed by atoms with E-state index in [0.29, 0.717) is 5.88 Å². The first-order valence-electron chi connectivity index (χ1n) is 5.88. The van der Waals surface area contributed by atoms with E-state index in [2.05, 4.69) is 30.9 Å². The van der Waals surface area contributed by atoms with Gasteiger partial charge in [0.05, 0.1) is 7.11 Å². The number of nitrogens with one attached hydrogen (secondary N) is 1. The molecular weight excluding hydrogens is 306 g/mol. The highest BCUT2D eigenvalue weighted by Crippen LogP contribution is 2.27. The molecule has 0 bridgehead atoms. The summed E-state index contributed by atoms with van der Waals surface area (Å²) in [7, 11) is 1.62. The molecule has 3 aromatic rings. The van der Waals surface area contributed by atoms with Crippen LogP contribution in [-0.2, 0) is 6.42 Å². The molecule has 0 radical (unpaired) electrons. The third-order valence-electron chi connectivity index (χ3n) is 2.97. The van der Waals surface area contributed by atoms with Crippen molar-refractivity contribution in [1.29, 1.82) is 0 Å². The molecule has 0 aliphatic carbocycles. The zero-order valence-corrected chi connectivity index (χ0v) is 11.9. The van der Waals surface area contributed by atoms with Gasteiger partial charge in [0.1, 0.15) is 5.65 Å². The van der Waals surface area contributed by atoms with E-state index < -0.39 is 0 Å². The molecule has 0 unspecified atom stereocenters. The second-order valence-corrected chi connectivity index (χ2v) is 5.03. The lowest BCUT2D eigenvalue weighted by atomic mass is 10.1. The summed E-state index contributed by atoms with van der Waals surface area (Å²) < 4.78 is 6.18. The average molecular weight is 318 g/mol. The predicted octanol–water partition coefficient (Wildman–Crippen LogP) is 3.32. The van der Waals surface area contributed by atoms with Crippen molar-refractivity contribution >= 4 is 27.0 Å². The number of aromatic amines is 1. The van der Waals surface area contributed by atoms with E-state index in [9.17, 15) is 0 Å². The van der Waals surface area contributed by atoms with Crippen molar-refractivity contribution in [2.75, 3.05) is 7.11 Å². The molecule has 0 saturated heterocycles. The summed E-state index contributed by atoms with van der Waals surface area (Å²) in [5, 5.41) is 1.10. The minimum absolute atomic E-state index is 0.634. The highest BCUT2D eigenvalue weighted by Gasteiger charge is 2.09. The van der Waals surface area contributed by atoms with Crippen molar-refractivity contribution < 1.29 is 4.74 Å². The van der Waals surface area contributed by atoms with E-state index in [0.717, 1.165) is 33.2 Å². The zero-order chi connectivity index (χ0) is 13.2. The summed E-state index contributed by atoms with van der Waals surface area (Å²) in [6.45, 7) is 0. The molecule has 5 heteroatoms. The summed E-state index contributed by atoms with van der Waals surface area (Å²) in [5.41, 5.74) is 3.01. The van der Waals surface area contributed by atoms with Crippen LogP contribution < -0.4 is 4.74 Å². The molecule has 0 aliphatic rings. The van der Waals surface area contributed by atoms with Gasteiger partial charge in [0.15, 0.2) is 0 Å². The summed E-state index contributed by atoms with van der Waals surface area (Å²) in [4.78, 5) is 11.9. The largest absolute Gasteiger partial charge is 0.481 e. The highest BCUT2D eigenvalue weighted by molar-refractivity contribution is 9.10. The smallest absolute Gasteiger partial charge is 0.213 e. The third-order valence-corrected chi connectivity index (χ3v) is 3.63. The lowest BCUT2D eigenvalue weighted by molar-refractivity contribution is 0.396. The number of hydrogen-bond acceptors (Lipinski definition) is 3. The normalized spacial score (nSPS) is 10.8. The number of pyridine rings is 2. The van der Waals surface area contributed by atoms with Crippen LogP contribution in [0.2, 0.25) is 0 Å². The molecule has 3 heterocycles. The number of nitrogens with zero attached hydrogens (tertiary/aromatic N) is 2. The van der Waals surface area contributed by atoms with Gasteiger partial charge in [-0.3, -0.25) is 0 Å². The molecule has 0 amide bonds. The van der Waals surface area contributed by atoms with Gasteiger partial charge in [-0.15, -0.1) is 0 Å². The zero-order valence-electron chi connectivity index (χ0n) is 10.4. The van der Waals surface area contributed by atoms with E-state index in [1.165, 1.54) is 0 Å². The van der Waals surface area contributed by atoms with Gasteiger partial charge in [0, 0.05) is 40.4 Å². The summed E-state index contributed by atoms with van der Waals surface area (Å²) in [6, 6.07) is 7.73. The molecule has 0 saturated carbocycles. The number of halogens is 1. The second kappa shape index (κ2) is 5.01. The maximum atomic E-state index is 5.14. The number of hydrogen-bond donors (Lipinski definition) is 1. The molecule has 1 N–H and O–H groups in total. The predicted molar refractivity (Wildman–Crippen MR) is 77.4 cm³/mol. The Hall–Kier alpha value is -1.88. The molecule has 0 aliphatic heterocycles. The maximum absolute atomic E-state index is 5.14. The number of methoxy groups -OCH3 is 1. The lowest BCUT2D eigenvalue weighted by Gasteiger charge is -2.03. The first-order chi connectivity index (χ1) is 9.28. The third kappa shape index (κ3) is 2.33. The fourth-order valence-electron chi connectivity index (χ4n) is 2.09. The van der Waals surface area contributed by atoms with Crippen LogP contribution >= 0.6 is 15.9 Å². The molecule has 0 fully saturated rings. The molecule has 4 nitrogen and oxygen atoms in total. The Balaban J connectivity index is 2.01. The van der Waals surface area contributed by atoms with Gasteiger partial charge >= 0.3 is 0 Å². The van der Waals surface area contributed by atoms with Crippen LogP contribution in [0.4, 0.5) is 0 Å². The summed E-state index contributed by atoms with van der Waals surface area (Å²) in [6.07, 6.45) is 4.49. The Bertz CT molecular complexity index is 724. The Kier molecular flexibility index (Phi) is 3.21. The Morgan fingerprint density at radius 2 is 2.21 bits per heavy atom. The number of aromatic nitrogens is 3. The van der Waals surface area contributed by atoms with Gasteiger partial charge in [-0.1, -0.05) is 6.07 Å². The second-order valence-electron chi connectivity index (χ2n) is 4.18. The van der Waals surface area contributed by atoms with Crippen molar-refractivity contribution in [3.63, 3.8) is 0 Å². The van der Waals surface area contributed by atoms with E-state index >= 15 is 0 Å². The van der Waals surface area contributed by atoms with Crippen molar-refractivity contribution in [3.8, 4) is 5.88 Å². The topological polar surface area (TPSA) is 50.8 Å². The van der Waals surface area contributed by atoms with Gasteiger partial charge in [-0.25, -0.2) is 9.97 Å². The van der Waals surface area contributed by atoms with E-state index in [4.69, 9.17) is 4.74 Å². The molecule has 19 heavy (non-hydrogen) atoms. The van der Waals surface area contributed by atoms with Gasteiger partial charge in [-0.2, -0.15) is 0 Å². The lowest BCUT2D eigenvalue weighted by Crippen LogP contribution is -1.94. The van der Waals surface area contributed by atoms with Crippen molar-refractivity contribution in [2.45, 2.75) is 6.42 Å². The van der Waals surface area contributed by atoms with Crippen molar-refractivity contribution in [2.24, 2.45) is 0 Å². The molecular formula is C14H12BrN3O. The van der Waals surface area contributed by atoms with Gasteiger partial charge in [0.2, 0.25) is 5.88 Å². The number of H-pyrrole nitrogens is 1. The molecule has 0 atom stereocenters. The minimum Gasteiger partial charge on any atom is -0.481 e. The van der Waals surface area contributed by atoms with Crippen LogP contribution in [0.15, 0.2) is 41.1 Å². The Morgan fingerprint density at radius 3 is 3.05 bits per heavy atom. The van der Waals surface area contributed by atoms with Crippen molar-refractivity contribution in [3.05, 3.63) is 52.4 Å².